The predicted octanol–water partition coefficient (Wildman–Crippen LogP) is 6.41. The third-order valence-electron chi connectivity index (χ3n) is 7.81. The van der Waals surface area contributed by atoms with Crippen LogP contribution >= 0.6 is 11.6 Å². The number of ether oxygens (including phenoxy) is 1. The first-order valence-corrected chi connectivity index (χ1v) is 17.0. The van der Waals surface area contributed by atoms with Gasteiger partial charge in [0.15, 0.2) is 0 Å². The lowest BCUT2D eigenvalue weighted by molar-refractivity contribution is -0.140. The fraction of sp³-hybridized carbons (Fsp3) is 0.278. The van der Waals surface area contributed by atoms with E-state index >= 15 is 0 Å². The maximum atomic E-state index is 14.6. The molecule has 8 nitrogen and oxygen atoms in total. The first kappa shape index (κ1) is 34.5. The highest BCUT2D eigenvalue weighted by atomic mass is 35.5. The van der Waals surface area contributed by atoms with Crippen molar-refractivity contribution < 1.29 is 22.7 Å². The first-order valence-electron chi connectivity index (χ1n) is 15.1. The third-order valence-corrected chi connectivity index (χ3v) is 9.96. The summed E-state index contributed by atoms with van der Waals surface area (Å²) in [6, 6.07) is 28.4. The summed E-state index contributed by atoms with van der Waals surface area (Å²) in [5.74, 6) is -0.649. The molecule has 0 saturated carbocycles. The summed E-state index contributed by atoms with van der Waals surface area (Å²) < 4.78 is 35.1. The van der Waals surface area contributed by atoms with Crippen molar-refractivity contribution in [3.8, 4) is 5.75 Å². The second-order valence-corrected chi connectivity index (χ2v) is 13.4. The minimum Gasteiger partial charge on any atom is -0.495 e. The van der Waals surface area contributed by atoms with E-state index in [9.17, 15) is 18.0 Å². The third kappa shape index (κ3) is 8.47. The average Bonchev–Trinajstić information content (AvgIpc) is 3.06. The lowest BCUT2D eigenvalue weighted by atomic mass is 10.0. The average molecular weight is 662 g/mol. The van der Waals surface area contributed by atoms with Gasteiger partial charge in [0.05, 0.1) is 17.7 Å². The number of carbonyl (C=O) groups is 2. The number of methoxy groups -OCH3 is 1. The molecule has 46 heavy (non-hydrogen) atoms. The largest absolute Gasteiger partial charge is 0.495 e. The van der Waals surface area contributed by atoms with Gasteiger partial charge >= 0.3 is 0 Å². The van der Waals surface area contributed by atoms with E-state index in [2.05, 4.69) is 5.32 Å². The number of benzene rings is 4. The van der Waals surface area contributed by atoms with Crippen molar-refractivity contribution in [1.82, 2.24) is 10.2 Å². The van der Waals surface area contributed by atoms with Gasteiger partial charge in [-0.15, -0.1) is 0 Å². The molecular formula is C36H40ClN3O5S. The molecule has 4 aromatic rings. The molecule has 0 aliphatic carbocycles. The number of aryl methyl sites for hydroxylation is 1. The van der Waals surface area contributed by atoms with E-state index in [1.165, 1.54) is 24.1 Å². The lowest BCUT2D eigenvalue weighted by Crippen LogP contribution is -2.54. The molecule has 4 aromatic carbocycles. The molecule has 0 heterocycles. The number of anilines is 1. The Labute approximate surface area is 277 Å². The highest BCUT2D eigenvalue weighted by Crippen LogP contribution is 2.33. The van der Waals surface area contributed by atoms with Gasteiger partial charge in [-0.05, 0) is 61.7 Å². The quantitative estimate of drug-likeness (QED) is 0.169. The van der Waals surface area contributed by atoms with Crippen LogP contribution in [0.2, 0.25) is 5.02 Å². The molecule has 10 heteroatoms. The molecule has 2 amide bonds. The van der Waals surface area contributed by atoms with Crippen LogP contribution in [0.5, 0.6) is 5.75 Å². The van der Waals surface area contributed by atoms with Gasteiger partial charge in [0.2, 0.25) is 11.8 Å². The fourth-order valence-electron chi connectivity index (χ4n) is 4.99. The van der Waals surface area contributed by atoms with Crippen molar-refractivity contribution in [1.29, 1.82) is 0 Å². The topological polar surface area (TPSA) is 96.0 Å². The summed E-state index contributed by atoms with van der Waals surface area (Å²) in [4.78, 5) is 30.0. The van der Waals surface area contributed by atoms with E-state index in [1.807, 2.05) is 51.1 Å². The van der Waals surface area contributed by atoms with Crippen LogP contribution in [0.4, 0.5) is 5.69 Å². The van der Waals surface area contributed by atoms with Crippen molar-refractivity contribution in [2.45, 2.75) is 57.1 Å². The van der Waals surface area contributed by atoms with Gasteiger partial charge < -0.3 is 15.0 Å². The summed E-state index contributed by atoms with van der Waals surface area (Å²) in [6.07, 6.45) is 0.900. The van der Waals surface area contributed by atoms with Gasteiger partial charge in [-0.25, -0.2) is 8.42 Å². The molecule has 0 aromatic heterocycles. The SMILES string of the molecule is CC[C@@H](C)NC(=O)[C@H](Cc1ccccc1)N(Cc1ccccc1Cl)C(=O)CN(c1ccccc1OC)S(=O)(=O)c1ccc(C)cc1. The van der Waals surface area contributed by atoms with Gasteiger partial charge in [0, 0.05) is 24.0 Å². The zero-order valence-corrected chi connectivity index (χ0v) is 28.1. The number of nitrogens with one attached hydrogen (secondary N) is 1. The summed E-state index contributed by atoms with van der Waals surface area (Å²) >= 11 is 6.57. The van der Waals surface area contributed by atoms with Crippen LogP contribution in [0.25, 0.3) is 0 Å². The Morgan fingerprint density at radius 1 is 0.891 bits per heavy atom. The Morgan fingerprint density at radius 2 is 1.52 bits per heavy atom. The molecule has 0 spiro atoms. The van der Waals surface area contributed by atoms with E-state index in [4.69, 9.17) is 16.3 Å². The highest BCUT2D eigenvalue weighted by Gasteiger charge is 2.36. The molecule has 0 aliphatic heterocycles. The van der Waals surface area contributed by atoms with Crippen molar-refractivity contribution in [3.05, 3.63) is 125 Å². The Kier molecular flexibility index (Phi) is 11.8. The van der Waals surface area contributed by atoms with Crippen molar-refractivity contribution in [2.24, 2.45) is 0 Å². The molecule has 0 aliphatic rings. The highest BCUT2D eigenvalue weighted by molar-refractivity contribution is 7.92. The lowest BCUT2D eigenvalue weighted by Gasteiger charge is -2.34. The molecule has 0 fully saturated rings. The van der Waals surface area contributed by atoms with Crippen molar-refractivity contribution in [3.63, 3.8) is 0 Å². The molecule has 0 bridgehead atoms. The molecule has 0 unspecified atom stereocenters. The molecule has 4 rings (SSSR count). The zero-order chi connectivity index (χ0) is 33.3. The molecule has 2 atom stereocenters. The standard InChI is InChI=1S/C36H40ClN3O5S/c1-5-27(3)38-36(42)33(23-28-13-7-6-8-14-28)39(24-29-15-9-10-16-31(29)37)35(41)25-40(32-17-11-12-18-34(32)45-4)46(43,44)30-21-19-26(2)20-22-30/h6-22,27,33H,5,23-25H2,1-4H3,(H,38,42)/t27-,33+/m1/s1. The van der Waals surface area contributed by atoms with Crippen LogP contribution in [-0.4, -0.2) is 50.9 Å². The van der Waals surface area contributed by atoms with Crippen LogP contribution in [-0.2, 0) is 32.6 Å². The molecule has 242 valence electrons. The minimum absolute atomic E-state index is 0.0183. The normalized spacial score (nSPS) is 12.5. The number of hydrogen-bond acceptors (Lipinski definition) is 5. The Morgan fingerprint density at radius 3 is 2.17 bits per heavy atom. The predicted molar refractivity (Wildman–Crippen MR) is 183 cm³/mol. The summed E-state index contributed by atoms with van der Waals surface area (Å²) in [6.45, 7) is 5.11. The second-order valence-electron chi connectivity index (χ2n) is 11.1. The van der Waals surface area contributed by atoms with Gasteiger partial charge in [0.1, 0.15) is 18.3 Å². The van der Waals surface area contributed by atoms with Crippen LogP contribution < -0.4 is 14.4 Å². The number of rotatable bonds is 14. The van der Waals surface area contributed by atoms with Gasteiger partial charge in [-0.3, -0.25) is 13.9 Å². The monoisotopic (exact) mass is 661 g/mol. The van der Waals surface area contributed by atoms with Gasteiger partial charge in [0.25, 0.3) is 10.0 Å². The van der Waals surface area contributed by atoms with E-state index in [0.717, 1.165) is 15.4 Å². The summed E-state index contributed by atoms with van der Waals surface area (Å²) in [7, 11) is -2.82. The molecule has 0 radical (unpaired) electrons. The zero-order valence-electron chi connectivity index (χ0n) is 26.5. The van der Waals surface area contributed by atoms with E-state index in [1.54, 1.807) is 60.7 Å². The maximum absolute atomic E-state index is 14.6. The number of halogens is 1. The van der Waals surface area contributed by atoms with Crippen LogP contribution in [0.3, 0.4) is 0 Å². The van der Waals surface area contributed by atoms with Gasteiger partial charge in [-0.2, -0.15) is 0 Å². The summed E-state index contributed by atoms with van der Waals surface area (Å²) in [5, 5.41) is 3.46. The number of nitrogens with zero attached hydrogens (tertiary/aromatic N) is 2. The van der Waals surface area contributed by atoms with Crippen LogP contribution in [0, 0.1) is 6.92 Å². The van der Waals surface area contributed by atoms with Crippen LogP contribution in [0.15, 0.2) is 108 Å². The second kappa shape index (κ2) is 15.8. The van der Waals surface area contributed by atoms with Crippen LogP contribution in [0.1, 0.15) is 37.0 Å². The van der Waals surface area contributed by atoms with Crippen molar-refractivity contribution >= 4 is 39.1 Å². The molecular weight excluding hydrogens is 622 g/mol. The molecule has 0 saturated heterocycles. The summed E-state index contributed by atoms with van der Waals surface area (Å²) in [5.41, 5.74) is 2.55. The van der Waals surface area contributed by atoms with Gasteiger partial charge in [-0.1, -0.05) is 96.9 Å². The Hall–Kier alpha value is -4.34. The Balaban J connectivity index is 1.84. The number of carbonyl (C=O) groups excluding carboxylic acids is 2. The number of hydrogen-bond donors (Lipinski definition) is 1. The van der Waals surface area contributed by atoms with E-state index in [0.29, 0.717) is 17.0 Å². The molecule has 1 N–H and O–H groups in total. The number of sulfonamides is 1. The van der Waals surface area contributed by atoms with E-state index in [-0.39, 0.29) is 41.2 Å². The fourth-order valence-corrected chi connectivity index (χ4v) is 6.61. The number of para-hydroxylation sites is 2. The maximum Gasteiger partial charge on any atom is 0.264 e. The number of amides is 2. The smallest absolute Gasteiger partial charge is 0.264 e. The minimum atomic E-state index is -4.26. The van der Waals surface area contributed by atoms with E-state index < -0.39 is 28.5 Å². The first-order chi connectivity index (χ1) is 22.0. The van der Waals surface area contributed by atoms with Crippen molar-refractivity contribution in [2.75, 3.05) is 18.0 Å². The Bertz CT molecular complexity index is 1730.